The van der Waals surface area contributed by atoms with Crippen LogP contribution in [-0.2, 0) is 11.2 Å². The number of Topliss-reactive ketones (excluding diaryl/α,β-unsaturated/α-hetero) is 1. The average molecular weight is 275 g/mol. The molecule has 20 heavy (non-hydrogen) atoms. The van der Waals surface area contributed by atoms with Gasteiger partial charge >= 0.3 is 0 Å². The summed E-state index contributed by atoms with van der Waals surface area (Å²) in [5.41, 5.74) is 2.13. The molecule has 0 aliphatic carbocycles. The van der Waals surface area contributed by atoms with Gasteiger partial charge in [0.05, 0.1) is 19.8 Å². The fraction of sp³-hybridized carbons (Fsp3) is 0.588. The Bertz CT molecular complexity index is 427. The van der Waals surface area contributed by atoms with Gasteiger partial charge in [-0.2, -0.15) is 0 Å². The first-order valence-electron chi connectivity index (χ1n) is 7.68. The van der Waals surface area contributed by atoms with Crippen LogP contribution in [0, 0.1) is 0 Å². The van der Waals surface area contributed by atoms with Gasteiger partial charge in [0, 0.05) is 18.2 Å². The van der Waals surface area contributed by atoms with Crippen molar-refractivity contribution in [2.75, 3.05) is 26.3 Å². The highest BCUT2D eigenvalue weighted by Crippen LogP contribution is 2.13. The van der Waals surface area contributed by atoms with Crippen LogP contribution >= 0.6 is 0 Å². The predicted molar refractivity (Wildman–Crippen MR) is 81.2 cm³/mol. The summed E-state index contributed by atoms with van der Waals surface area (Å²) in [5, 5.41) is 0. The maximum Gasteiger partial charge on any atom is 0.176 e. The van der Waals surface area contributed by atoms with E-state index in [2.05, 4.69) is 30.9 Å². The number of hydrogen-bond acceptors (Lipinski definition) is 3. The molecule has 3 heteroatoms. The highest BCUT2D eigenvalue weighted by molar-refractivity contribution is 5.97. The van der Waals surface area contributed by atoms with Crippen molar-refractivity contribution in [3.05, 3.63) is 35.4 Å². The number of morpholine rings is 1. The van der Waals surface area contributed by atoms with Crippen LogP contribution in [0.15, 0.2) is 24.3 Å². The summed E-state index contributed by atoms with van der Waals surface area (Å²) in [6, 6.07) is 8.47. The molecule has 1 fully saturated rings. The van der Waals surface area contributed by atoms with Crippen molar-refractivity contribution >= 4 is 5.78 Å². The van der Waals surface area contributed by atoms with Crippen LogP contribution in [0.2, 0.25) is 0 Å². The normalized spacial score (nSPS) is 20.0. The molecule has 1 heterocycles. The molecule has 0 radical (unpaired) electrons. The predicted octanol–water partition coefficient (Wildman–Crippen LogP) is 2.93. The van der Waals surface area contributed by atoms with Gasteiger partial charge in [-0.25, -0.2) is 0 Å². The van der Waals surface area contributed by atoms with Gasteiger partial charge in [-0.05, 0) is 18.4 Å². The van der Waals surface area contributed by atoms with Gasteiger partial charge in [0.15, 0.2) is 5.78 Å². The number of nitrogens with zero attached hydrogens (tertiary/aromatic N) is 1. The lowest BCUT2D eigenvalue weighted by molar-refractivity contribution is -0.00585. The Balaban J connectivity index is 1.96. The average Bonchev–Trinajstić information content (AvgIpc) is 2.49. The van der Waals surface area contributed by atoms with Crippen molar-refractivity contribution in [1.82, 2.24) is 4.90 Å². The van der Waals surface area contributed by atoms with Crippen LogP contribution in [0.3, 0.4) is 0 Å². The maximum absolute atomic E-state index is 12.4. The molecule has 0 N–H and O–H groups in total. The maximum atomic E-state index is 12.4. The molecule has 0 amide bonds. The van der Waals surface area contributed by atoms with E-state index >= 15 is 0 Å². The van der Waals surface area contributed by atoms with Crippen LogP contribution in [0.25, 0.3) is 0 Å². The van der Waals surface area contributed by atoms with Gasteiger partial charge in [0.25, 0.3) is 0 Å². The van der Waals surface area contributed by atoms with Crippen molar-refractivity contribution in [3.63, 3.8) is 0 Å². The second-order valence-corrected chi connectivity index (χ2v) is 5.48. The third-order valence-corrected chi connectivity index (χ3v) is 3.98. The minimum Gasteiger partial charge on any atom is -0.378 e. The topological polar surface area (TPSA) is 29.5 Å². The second-order valence-electron chi connectivity index (χ2n) is 5.48. The van der Waals surface area contributed by atoms with Crippen molar-refractivity contribution in [1.29, 1.82) is 0 Å². The van der Waals surface area contributed by atoms with E-state index < -0.39 is 0 Å². The summed E-state index contributed by atoms with van der Waals surface area (Å²) in [6.07, 6.45) is 3.25. The molecule has 2 rings (SSSR count). The van der Waals surface area contributed by atoms with Crippen molar-refractivity contribution in [2.45, 2.75) is 39.2 Å². The van der Waals surface area contributed by atoms with E-state index in [-0.39, 0.29) is 5.78 Å². The molecule has 3 nitrogen and oxygen atoms in total. The fourth-order valence-corrected chi connectivity index (χ4v) is 2.70. The van der Waals surface area contributed by atoms with Crippen LogP contribution in [-0.4, -0.2) is 43.0 Å². The number of carbonyl (C=O) groups is 1. The molecule has 110 valence electrons. The molecular formula is C17H25NO2. The van der Waals surface area contributed by atoms with E-state index in [1.807, 2.05) is 12.1 Å². The fourth-order valence-electron chi connectivity index (χ4n) is 2.70. The van der Waals surface area contributed by atoms with Crippen LogP contribution in [0.4, 0.5) is 0 Å². The number of carbonyl (C=O) groups excluding carboxylic acids is 1. The Hall–Kier alpha value is -1.19. The lowest BCUT2D eigenvalue weighted by Crippen LogP contribution is -2.47. The van der Waals surface area contributed by atoms with E-state index in [1.165, 1.54) is 5.56 Å². The molecule has 1 unspecified atom stereocenters. The summed E-state index contributed by atoms with van der Waals surface area (Å²) < 4.78 is 5.48. The number of rotatable bonds is 6. The molecule has 1 aromatic carbocycles. The van der Waals surface area contributed by atoms with Crippen LogP contribution in [0.1, 0.15) is 42.6 Å². The van der Waals surface area contributed by atoms with Crippen molar-refractivity contribution in [3.8, 4) is 0 Å². The highest BCUT2D eigenvalue weighted by atomic mass is 16.5. The first kappa shape index (κ1) is 15.2. The number of aryl methyl sites for hydroxylation is 1. The van der Waals surface area contributed by atoms with E-state index in [0.717, 1.165) is 44.6 Å². The highest BCUT2D eigenvalue weighted by Gasteiger charge is 2.23. The quantitative estimate of drug-likeness (QED) is 0.748. The lowest BCUT2D eigenvalue weighted by atomic mass is 10.0. The summed E-state index contributed by atoms with van der Waals surface area (Å²) >= 11 is 0. The summed E-state index contributed by atoms with van der Waals surface area (Å²) in [7, 11) is 0. The third-order valence-electron chi connectivity index (χ3n) is 3.98. The minimum absolute atomic E-state index is 0.216. The molecule has 0 aromatic heterocycles. The summed E-state index contributed by atoms with van der Waals surface area (Å²) in [4.78, 5) is 14.6. The molecule has 1 saturated heterocycles. The van der Waals surface area contributed by atoms with E-state index in [4.69, 9.17) is 4.74 Å². The molecular weight excluding hydrogens is 250 g/mol. The molecule has 1 atom stereocenters. The molecule has 0 saturated carbocycles. The first-order valence-corrected chi connectivity index (χ1v) is 7.68. The van der Waals surface area contributed by atoms with E-state index in [9.17, 15) is 4.79 Å². The Morgan fingerprint density at radius 1 is 1.30 bits per heavy atom. The van der Waals surface area contributed by atoms with Crippen molar-refractivity contribution < 1.29 is 9.53 Å². The van der Waals surface area contributed by atoms with Crippen LogP contribution < -0.4 is 0 Å². The van der Waals surface area contributed by atoms with Crippen LogP contribution in [0.5, 0.6) is 0 Å². The molecule has 1 aliphatic heterocycles. The molecule has 0 bridgehead atoms. The second kappa shape index (κ2) is 7.55. The summed E-state index contributed by atoms with van der Waals surface area (Å²) in [6.45, 7) is 7.17. The van der Waals surface area contributed by atoms with Gasteiger partial charge in [-0.1, -0.05) is 44.5 Å². The lowest BCUT2D eigenvalue weighted by Gasteiger charge is -2.34. The molecule has 1 aliphatic rings. The number of hydrogen-bond donors (Lipinski definition) is 0. The third kappa shape index (κ3) is 3.90. The minimum atomic E-state index is 0.216. The standard InChI is InChI=1S/C17H25NO2/c1-3-5-14-6-8-15(9-7-14)17(19)12-18-10-11-20-13-16(18)4-2/h6-9,16H,3-5,10-13H2,1-2H3. The first-order chi connectivity index (χ1) is 9.74. The molecule has 1 aromatic rings. The smallest absolute Gasteiger partial charge is 0.176 e. The zero-order valence-corrected chi connectivity index (χ0v) is 12.6. The largest absolute Gasteiger partial charge is 0.378 e. The summed E-state index contributed by atoms with van der Waals surface area (Å²) in [5.74, 6) is 0.216. The van der Waals surface area contributed by atoms with E-state index in [0.29, 0.717) is 12.6 Å². The van der Waals surface area contributed by atoms with Crippen molar-refractivity contribution in [2.24, 2.45) is 0 Å². The number of ketones is 1. The Morgan fingerprint density at radius 3 is 2.70 bits per heavy atom. The zero-order chi connectivity index (χ0) is 14.4. The molecule has 0 spiro atoms. The number of ether oxygens (including phenoxy) is 1. The van der Waals surface area contributed by atoms with Gasteiger partial charge < -0.3 is 4.74 Å². The number of benzene rings is 1. The SMILES string of the molecule is CCCc1ccc(C(=O)CN2CCOCC2CC)cc1. The van der Waals surface area contributed by atoms with Gasteiger partial charge in [-0.3, -0.25) is 9.69 Å². The monoisotopic (exact) mass is 275 g/mol. The van der Waals surface area contributed by atoms with Gasteiger partial charge in [0.2, 0.25) is 0 Å². The Morgan fingerprint density at radius 2 is 2.05 bits per heavy atom. The Labute approximate surface area is 121 Å². The Kier molecular flexibility index (Phi) is 5.74. The van der Waals surface area contributed by atoms with Gasteiger partial charge in [-0.15, -0.1) is 0 Å². The van der Waals surface area contributed by atoms with E-state index in [1.54, 1.807) is 0 Å². The van der Waals surface area contributed by atoms with Gasteiger partial charge in [0.1, 0.15) is 0 Å². The zero-order valence-electron chi connectivity index (χ0n) is 12.6.